The van der Waals surface area contributed by atoms with Crippen LogP contribution in [0.2, 0.25) is 0 Å². The summed E-state index contributed by atoms with van der Waals surface area (Å²) < 4.78 is 0. The lowest BCUT2D eigenvalue weighted by Gasteiger charge is -2.45. The first kappa shape index (κ1) is 15.2. The average molecular weight is 277 g/mol. The van der Waals surface area contributed by atoms with Crippen LogP contribution in [-0.2, 0) is 6.42 Å². The molecular weight excluding hydrogens is 250 g/mol. The molecule has 0 bridgehead atoms. The fourth-order valence-electron chi connectivity index (χ4n) is 3.05. The molecule has 0 spiro atoms. The fraction of sp³-hybridized carbons (Fsp3) is 0.667. The van der Waals surface area contributed by atoms with E-state index in [9.17, 15) is 0 Å². The zero-order chi connectivity index (χ0) is 14.6. The number of anilines is 1. The molecule has 5 heteroatoms. The van der Waals surface area contributed by atoms with E-state index >= 15 is 0 Å². The predicted molar refractivity (Wildman–Crippen MR) is 83.0 cm³/mol. The van der Waals surface area contributed by atoms with Crippen molar-refractivity contribution in [1.29, 1.82) is 0 Å². The molecule has 5 N–H and O–H groups in total. The van der Waals surface area contributed by atoms with E-state index in [1.54, 1.807) is 6.20 Å². The number of nitrogens with two attached hydrogens (primary N) is 2. The number of hydrogen-bond acceptors (Lipinski definition) is 5. The van der Waals surface area contributed by atoms with Gasteiger partial charge in [0.25, 0.3) is 0 Å². The summed E-state index contributed by atoms with van der Waals surface area (Å²) in [7, 11) is 0. The van der Waals surface area contributed by atoms with Gasteiger partial charge in [-0.3, -0.25) is 16.2 Å². The third-order valence-electron chi connectivity index (χ3n) is 4.58. The Hall–Kier alpha value is -1.17. The zero-order valence-corrected chi connectivity index (χ0v) is 12.6. The Morgan fingerprint density at radius 2 is 2.05 bits per heavy atom. The van der Waals surface area contributed by atoms with Gasteiger partial charge in [-0.15, -0.1) is 0 Å². The smallest absolute Gasteiger partial charge is 0.126 e. The molecule has 2 heterocycles. The van der Waals surface area contributed by atoms with Crippen LogP contribution in [0.1, 0.15) is 38.7 Å². The van der Waals surface area contributed by atoms with E-state index < -0.39 is 0 Å². The van der Waals surface area contributed by atoms with Gasteiger partial charge in [-0.1, -0.05) is 12.5 Å². The average Bonchev–Trinajstić information content (AvgIpc) is 2.47. The van der Waals surface area contributed by atoms with Crippen LogP contribution in [0, 0.1) is 0 Å². The van der Waals surface area contributed by atoms with Crippen molar-refractivity contribution >= 4 is 5.82 Å². The number of nitrogen functional groups attached to an aromatic ring is 1. The van der Waals surface area contributed by atoms with E-state index in [1.165, 1.54) is 19.3 Å². The van der Waals surface area contributed by atoms with E-state index in [0.29, 0.717) is 5.82 Å². The van der Waals surface area contributed by atoms with Gasteiger partial charge in [-0.25, -0.2) is 4.98 Å². The quantitative estimate of drug-likeness (QED) is 0.558. The Morgan fingerprint density at radius 1 is 1.35 bits per heavy atom. The third-order valence-corrected chi connectivity index (χ3v) is 4.58. The van der Waals surface area contributed by atoms with E-state index in [0.717, 1.165) is 25.1 Å². The first-order chi connectivity index (χ1) is 9.55. The van der Waals surface area contributed by atoms with Gasteiger partial charge in [0.1, 0.15) is 5.82 Å². The minimum atomic E-state index is -0.00253. The molecule has 112 valence electrons. The van der Waals surface area contributed by atoms with E-state index in [-0.39, 0.29) is 11.6 Å². The van der Waals surface area contributed by atoms with Crippen LogP contribution in [0.15, 0.2) is 18.3 Å². The Bertz CT molecular complexity index is 426. The van der Waals surface area contributed by atoms with Gasteiger partial charge in [0.15, 0.2) is 0 Å². The minimum absolute atomic E-state index is 0.00253. The van der Waals surface area contributed by atoms with E-state index in [1.807, 2.05) is 12.1 Å². The summed E-state index contributed by atoms with van der Waals surface area (Å²) in [6.45, 7) is 6.81. The topological polar surface area (TPSA) is 80.2 Å². The van der Waals surface area contributed by atoms with Gasteiger partial charge in [0, 0.05) is 17.8 Å². The van der Waals surface area contributed by atoms with Crippen LogP contribution in [0.3, 0.4) is 0 Å². The molecular formula is C15H27N5. The first-order valence-electron chi connectivity index (χ1n) is 7.46. The molecule has 0 amide bonds. The van der Waals surface area contributed by atoms with Crippen LogP contribution in [0.25, 0.3) is 0 Å². The highest BCUT2D eigenvalue weighted by atomic mass is 15.3. The SMILES string of the molecule is CC(C)(C(Cc1cccnc1N)NN)N1CCCCC1. The molecule has 1 unspecified atom stereocenters. The summed E-state index contributed by atoms with van der Waals surface area (Å²) in [5.41, 5.74) is 10.00. The van der Waals surface area contributed by atoms with Crippen molar-refractivity contribution in [3.05, 3.63) is 23.9 Å². The number of hydrogen-bond donors (Lipinski definition) is 3. The number of piperidine rings is 1. The fourth-order valence-corrected chi connectivity index (χ4v) is 3.05. The Labute approximate surface area is 121 Å². The molecule has 1 aliphatic rings. The summed E-state index contributed by atoms with van der Waals surface area (Å²) in [5.74, 6) is 6.42. The van der Waals surface area contributed by atoms with Crippen LogP contribution in [-0.4, -0.2) is 34.6 Å². The van der Waals surface area contributed by atoms with Gasteiger partial charge >= 0.3 is 0 Å². The number of likely N-dealkylation sites (tertiary alicyclic amines) is 1. The highest BCUT2D eigenvalue weighted by molar-refractivity contribution is 5.39. The molecule has 0 radical (unpaired) electrons. The summed E-state index contributed by atoms with van der Waals surface area (Å²) in [6, 6.07) is 4.10. The number of aromatic nitrogens is 1. The van der Waals surface area contributed by atoms with Crippen LogP contribution in [0.5, 0.6) is 0 Å². The van der Waals surface area contributed by atoms with Crippen molar-refractivity contribution in [2.24, 2.45) is 5.84 Å². The minimum Gasteiger partial charge on any atom is -0.383 e. The Morgan fingerprint density at radius 3 is 2.65 bits per heavy atom. The Balaban J connectivity index is 2.12. The molecule has 5 nitrogen and oxygen atoms in total. The van der Waals surface area contributed by atoms with E-state index in [2.05, 4.69) is 29.2 Å². The zero-order valence-electron chi connectivity index (χ0n) is 12.6. The summed E-state index contributed by atoms with van der Waals surface area (Å²) >= 11 is 0. The van der Waals surface area contributed by atoms with Gasteiger partial charge < -0.3 is 5.73 Å². The highest BCUT2D eigenvalue weighted by Crippen LogP contribution is 2.26. The normalized spacial score (nSPS) is 18.9. The molecule has 0 aliphatic carbocycles. The number of pyridine rings is 1. The van der Waals surface area contributed by atoms with Crippen molar-refractivity contribution in [2.75, 3.05) is 18.8 Å². The molecule has 0 aromatic carbocycles. The van der Waals surface area contributed by atoms with Crippen LogP contribution in [0.4, 0.5) is 5.82 Å². The lowest BCUT2D eigenvalue weighted by atomic mass is 9.86. The number of rotatable bonds is 5. The largest absolute Gasteiger partial charge is 0.383 e. The number of nitrogens with one attached hydrogen (secondary N) is 1. The summed E-state index contributed by atoms with van der Waals surface area (Å²) in [4.78, 5) is 6.69. The maximum Gasteiger partial charge on any atom is 0.126 e. The number of hydrazine groups is 1. The lowest BCUT2D eigenvalue weighted by Crippen LogP contribution is -2.61. The molecule has 1 saturated heterocycles. The Kier molecular flexibility index (Phi) is 4.96. The summed E-state index contributed by atoms with van der Waals surface area (Å²) in [5, 5.41) is 0. The molecule has 1 atom stereocenters. The lowest BCUT2D eigenvalue weighted by molar-refractivity contribution is 0.0611. The van der Waals surface area contributed by atoms with Crippen molar-refractivity contribution in [2.45, 2.75) is 51.1 Å². The van der Waals surface area contributed by atoms with Gasteiger partial charge in [0.2, 0.25) is 0 Å². The molecule has 1 aromatic heterocycles. The van der Waals surface area contributed by atoms with Crippen molar-refractivity contribution < 1.29 is 0 Å². The molecule has 2 rings (SSSR count). The molecule has 1 aromatic rings. The van der Waals surface area contributed by atoms with Gasteiger partial charge in [-0.05, 0) is 57.8 Å². The first-order valence-corrected chi connectivity index (χ1v) is 7.46. The number of nitrogens with zero attached hydrogens (tertiary/aromatic N) is 2. The van der Waals surface area contributed by atoms with Crippen molar-refractivity contribution in [1.82, 2.24) is 15.3 Å². The monoisotopic (exact) mass is 277 g/mol. The second kappa shape index (κ2) is 6.52. The summed E-state index contributed by atoms with van der Waals surface area (Å²) in [6.07, 6.45) is 6.40. The maximum absolute atomic E-state index is 5.95. The molecule has 20 heavy (non-hydrogen) atoms. The standard InChI is InChI=1S/C15H27N5/c1-15(2,20-9-4-3-5-10-20)13(19-17)11-12-7-6-8-18-14(12)16/h6-8,13,19H,3-5,9-11,17H2,1-2H3,(H2,16,18). The van der Waals surface area contributed by atoms with Gasteiger partial charge in [0.05, 0.1) is 0 Å². The second-order valence-electron chi connectivity index (χ2n) is 6.17. The molecule has 0 saturated carbocycles. The van der Waals surface area contributed by atoms with E-state index in [4.69, 9.17) is 11.6 Å². The highest BCUT2D eigenvalue weighted by Gasteiger charge is 2.35. The van der Waals surface area contributed by atoms with Crippen molar-refractivity contribution in [3.8, 4) is 0 Å². The third kappa shape index (κ3) is 3.29. The van der Waals surface area contributed by atoms with Crippen molar-refractivity contribution in [3.63, 3.8) is 0 Å². The maximum atomic E-state index is 5.95. The van der Waals surface area contributed by atoms with Gasteiger partial charge in [-0.2, -0.15) is 0 Å². The predicted octanol–water partition coefficient (Wildman–Crippen LogP) is 1.30. The molecule has 1 fully saturated rings. The van der Waals surface area contributed by atoms with Crippen LogP contribution < -0.4 is 17.0 Å². The van der Waals surface area contributed by atoms with Crippen LogP contribution >= 0.6 is 0 Å². The molecule has 1 aliphatic heterocycles. The second-order valence-corrected chi connectivity index (χ2v) is 6.17.